The first-order valence-electron chi connectivity index (χ1n) is 7.23. The Morgan fingerprint density at radius 1 is 1.04 bits per heavy atom. The zero-order valence-electron chi connectivity index (χ0n) is 12.7. The zero-order chi connectivity index (χ0) is 18.0. The van der Waals surface area contributed by atoms with Crippen molar-refractivity contribution < 1.29 is 23.1 Å². The fourth-order valence-electron chi connectivity index (χ4n) is 2.22. The van der Waals surface area contributed by atoms with Crippen LogP contribution in [0.1, 0.15) is 15.9 Å². The van der Waals surface area contributed by atoms with E-state index in [4.69, 9.17) is 0 Å². The summed E-state index contributed by atoms with van der Waals surface area (Å²) in [6.07, 6.45) is -2.91. The minimum atomic E-state index is -4.40. The lowest BCUT2D eigenvalue weighted by atomic mass is 10.1. The Morgan fingerprint density at radius 3 is 2.28 bits per heavy atom. The van der Waals surface area contributed by atoms with Gasteiger partial charge in [-0.25, -0.2) is 4.68 Å². The van der Waals surface area contributed by atoms with Crippen molar-refractivity contribution >= 4 is 5.78 Å². The normalized spacial score (nSPS) is 11.5. The summed E-state index contributed by atoms with van der Waals surface area (Å²) in [5.41, 5.74) is 0.499. The summed E-state index contributed by atoms with van der Waals surface area (Å²) in [5, 5.41) is 16.9. The van der Waals surface area contributed by atoms with E-state index in [1.807, 2.05) is 0 Å². The molecular formula is C17H12F3N3O2. The van der Waals surface area contributed by atoms with Gasteiger partial charge in [-0.15, -0.1) is 5.10 Å². The number of alkyl halides is 3. The highest BCUT2D eigenvalue weighted by Gasteiger charge is 2.30. The maximum Gasteiger partial charge on any atom is 0.416 e. The van der Waals surface area contributed by atoms with E-state index in [-0.39, 0.29) is 18.1 Å². The number of phenolic OH excluding ortho intramolecular Hbond substituents is 1. The van der Waals surface area contributed by atoms with Crippen molar-refractivity contribution in [1.82, 2.24) is 15.0 Å². The van der Waals surface area contributed by atoms with E-state index in [1.165, 1.54) is 47.3 Å². The van der Waals surface area contributed by atoms with Crippen LogP contribution in [0.15, 0.2) is 54.7 Å². The second-order valence-electron chi connectivity index (χ2n) is 5.35. The number of carbonyl (C=O) groups excluding carboxylic acids is 1. The maximum absolute atomic E-state index is 12.6. The average molecular weight is 347 g/mol. The van der Waals surface area contributed by atoms with Gasteiger partial charge < -0.3 is 5.11 Å². The number of hydrogen-bond acceptors (Lipinski definition) is 4. The SMILES string of the molecule is O=C(Cn1cc(-c2ccc(C(F)(F)F)cc2)nn1)c1ccc(O)cc1. The Labute approximate surface area is 140 Å². The summed E-state index contributed by atoms with van der Waals surface area (Å²) < 4.78 is 39.0. The van der Waals surface area contributed by atoms with Gasteiger partial charge in [-0.3, -0.25) is 4.79 Å². The van der Waals surface area contributed by atoms with Crippen molar-refractivity contribution in [2.75, 3.05) is 0 Å². The molecule has 8 heteroatoms. The summed E-state index contributed by atoms with van der Waals surface area (Å²) in [6.45, 7) is -0.0710. The first-order chi connectivity index (χ1) is 11.8. The van der Waals surface area contributed by atoms with Gasteiger partial charge in [0.2, 0.25) is 0 Å². The number of rotatable bonds is 4. The van der Waals surface area contributed by atoms with Gasteiger partial charge in [0.25, 0.3) is 0 Å². The molecule has 3 rings (SSSR count). The lowest BCUT2D eigenvalue weighted by Gasteiger charge is -2.06. The second-order valence-corrected chi connectivity index (χ2v) is 5.35. The lowest BCUT2D eigenvalue weighted by molar-refractivity contribution is -0.137. The van der Waals surface area contributed by atoms with Crippen LogP contribution in [-0.4, -0.2) is 25.9 Å². The molecule has 5 nitrogen and oxygen atoms in total. The van der Waals surface area contributed by atoms with E-state index in [0.717, 1.165) is 12.1 Å². The molecule has 0 atom stereocenters. The Hall–Kier alpha value is -3.16. The van der Waals surface area contributed by atoms with Gasteiger partial charge in [0.15, 0.2) is 5.78 Å². The van der Waals surface area contributed by atoms with Crippen LogP contribution < -0.4 is 0 Å². The van der Waals surface area contributed by atoms with Crippen molar-refractivity contribution in [2.45, 2.75) is 12.7 Å². The topological polar surface area (TPSA) is 68.0 Å². The summed E-state index contributed by atoms with van der Waals surface area (Å²) in [7, 11) is 0. The molecule has 0 bridgehead atoms. The maximum atomic E-state index is 12.6. The summed E-state index contributed by atoms with van der Waals surface area (Å²) in [6, 6.07) is 10.3. The summed E-state index contributed by atoms with van der Waals surface area (Å²) in [4.78, 5) is 12.1. The number of hydrogen-bond donors (Lipinski definition) is 1. The van der Waals surface area contributed by atoms with Crippen LogP contribution >= 0.6 is 0 Å². The zero-order valence-corrected chi connectivity index (χ0v) is 12.7. The molecule has 25 heavy (non-hydrogen) atoms. The molecule has 0 saturated heterocycles. The molecule has 1 heterocycles. The Kier molecular flexibility index (Phi) is 4.26. The van der Waals surface area contributed by atoms with Gasteiger partial charge in [-0.2, -0.15) is 13.2 Å². The number of Topliss-reactive ketones (excluding diaryl/α,β-unsaturated/α-hetero) is 1. The first kappa shape index (κ1) is 16.7. The quantitative estimate of drug-likeness (QED) is 0.733. The Bertz CT molecular complexity index is 885. The first-order valence-corrected chi connectivity index (χ1v) is 7.23. The van der Waals surface area contributed by atoms with E-state index < -0.39 is 11.7 Å². The molecule has 0 aliphatic heterocycles. The number of phenols is 1. The molecular weight excluding hydrogens is 335 g/mol. The van der Waals surface area contributed by atoms with E-state index in [0.29, 0.717) is 16.8 Å². The molecule has 1 aromatic heterocycles. The third-order valence-electron chi connectivity index (χ3n) is 3.54. The number of benzene rings is 2. The van der Waals surface area contributed by atoms with E-state index in [2.05, 4.69) is 10.3 Å². The van der Waals surface area contributed by atoms with E-state index >= 15 is 0 Å². The van der Waals surface area contributed by atoms with Gasteiger partial charge >= 0.3 is 6.18 Å². The molecule has 0 saturated carbocycles. The van der Waals surface area contributed by atoms with Crippen molar-refractivity contribution in [3.8, 4) is 17.0 Å². The van der Waals surface area contributed by atoms with E-state index in [1.54, 1.807) is 0 Å². The minimum absolute atomic E-state index is 0.0573. The van der Waals surface area contributed by atoms with Crippen molar-refractivity contribution in [3.05, 3.63) is 65.9 Å². The largest absolute Gasteiger partial charge is 0.508 e. The number of aromatic nitrogens is 3. The van der Waals surface area contributed by atoms with Crippen LogP contribution in [0.25, 0.3) is 11.3 Å². The third-order valence-corrected chi connectivity index (χ3v) is 3.54. The number of aromatic hydroxyl groups is 1. The molecule has 1 N–H and O–H groups in total. The number of nitrogens with zero attached hydrogens (tertiary/aromatic N) is 3. The molecule has 0 unspecified atom stereocenters. The van der Waals surface area contributed by atoms with Gasteiger partial charge in [0.05, 0.1) is 11.8 Å². The van der Waals surface area contributed by atoms with E-state index in [9.17, 15) is 23.1 Å². The monoisotopic (exact) mass is 347 g/mol. The predicted molar refractivity (Wildman–Crippen MR) is 82.9 cm³/mol. The van der Waals surface area contributed by atoms with Crippen LogP contribution in [0.4, 0.5) is 13.2 Å². The predicted octanol–water partition coefficient (Wildman–Crippen LogP) is 3.55. The summed E-state index contributed by atoms with van der Waals surface area (Å²) >= 11 is 0. The number of carbonyl (C=O) groups is 1. The van der Waals surface area contributed by atoms with Crippen LogP contribution in [0.2, 0.25) is 0 Å². The van der Waals surface area contributed by atoms with Crippen LogP contribution in [0, 0.1) is 0 Å². The second kappa shape index (κ2) is 6.39. The Balaban J connectivity index is 1.74. The molecule has 3 aromatic rings. The highest BCUT2D eigenvalue weighted by atomic mass is 19.4. The third kappa shape index (κ3) is 3.85. The van der Waals surface area contributed by atoms with Crippen LogP contribution in [0.3, 0.4) is 0 Å². The average Bonchev–Trinajstić information content (AvgIpc) is 3.03. The summed E-state index contributed by atoms with van der Waals surface area (Å²) in [5.74, 6) is -0.175. The minimum Gasteiger partial charge on any atom is -0.508 e. The van der Waals surface area contributed by atoms with Crippen molar-refractivity contribution in [3.63, 3.8) is 0 Å². The standard InChI is InChI=1S/C17H12F3N3O2/c18-17(19,20)13-5-1-11(2-6-13)15-9-23(22-21-15)10-16(25)12-3-7-14(24)8-4-12/h1-9,24H,10H2. The smallest absolute Gasteiger partial charge is 0.416 e. The highest BCUT2D eigenvalue weighted by molar-refractivity contribution is 5.95. The molecule has 2 aromatic carbocycles. The van der Waals surface area contributed by atoms with Crippen molar-refractivity contribution in [1.29, 1.82) is 0 Å². The number of halogens is 3. The van der Waals surface area contributed by atoms with Gasteiger partial charge in [0, 0.05) is 11.1 Å². The molecule has 128 valence electrons. The molecule has 0 radical (unpaired) electrons. The van der Waals surface area contributed by atoms with Crippen LogP contribution in [0.5, 0.6) is 5.75 Å². The fraction of sp³-hybridized carbons (Fsp3) is 0.118. The Morgan fingerprint density at radius 2 is 1.68 bits per heavy atom. The van der Waals surface area contributed by atoms with Gasteiger partial charge in [0.1, 0.15) is 18.0 Å². The molecule has 0 aliphatic carbocycles. The highest BCUT2D eigenvalue weighted by Crippen LogP contribution is 2.30. The fourth-order valence-corrected chi connectivity index (χ4v) is 2.22. The van der Waals surface area contributed by atoms with Gasteiger partial charge in [-0.05, 0) is 36.4 Å². The van der Waals surface area contributed by atoms with Crippen LogP contribution in [-0.2, 0) is 12.7 Å². The molecule has 0 fully saturated rings. The molecule has 0 spiro atoms. The lowest BCUT2D eigenvalue weighted by Crippen LogP contribution is -2.10. The number of ketones is 1. The molecule has 0 amide bonds. The van der Waals surface area contributed by atoms with Gasteiger partial charge in [-0.1, -0.05) is 17.3 Å². The molecule has 0 aliphatic rings. The van der Waals surface area contributed by atoms with Crippen molar-refractivity contribution in [2.24, 2.45) is 0 Å².